The molecule has 0 aliphatic heterocycles. The first kappa shape index (κ1) is 21.4. The fraction of sp³-hybridized carbons (Fsp3) is 0.200. The number of nitrogens with one attached hydrogen (secondary N) is 2. The molecule has 2 heterocycles. The summed E-state index contributed by atoms with van der Waals surface area (Å²) >= 11 is 5.74. The molecule has 0 fully saturated rings. The van der Waals surface area contributed by atoms with Crippen LogP contribution in [-0.4, -0.2) is 34.5 Å². The first-order valence-electron chi connectivity index (χ1n) is 8.86. The van der Waals surface area contributed by atoms with Crippen molar-refractivity contribution in [1.82, 2.24) is 20.3 Å². The summed E-state index contributed by atoms with van der Waals surface area (Å²) in [5, 5.41) is 5.79. The number of hydrogen-bond donors (Lipinski definition) is 2. The van der Waals surface area contributed by atoms with Crippen LogP contribution in [0.15, 0.2) is 42.7 Å². The third-order valence-electron chi connectivity index (χ3n) is 4.18. The van der Waals surface area contributed by atoms with Crippen LogP contribution in [0, 0.1) is 6.92 Å². The van der Waals surface area contributed by atoms with Gasteiger partial charge >= 0.3 is 6.61 Å². The molecule has 1 amide bonds. The minimum absolute atomic E-state index is 0.0353. The Kier molecular flexibility index (Phi) is 6.73. The summed E-state index contributed by atoms with van der Waals surface area (Å²) in [6.07, 6.45) is 3.12. The lowest BCUT2D eigenvalue weighted by Gasteiger charge is -2.15. The molecule has 1 aromatic carbocycles. The molecule has 0 bridgehead atoms. The highest BCUT2D eigenvalue weighted by Crippen LogP contribution is 2.27. The van der Waals surface area contributed by atoms with E-state index < -0.39 is 6.61 Å². The van der Waals surface area contributed by atoms with E-state index in [2.05, 4.69) is 30.3 Å². The Bertz CT molecular complexity index is 1050. The summed E-state index contributed by atoms with van der Waals surface area (Å²) in [5.41, 5.74) is 3.22. The molecule has 0 unspecified atom stereocenters. The summed E-state index contributed by atoms with van der Waals surface area (Å²) < 4.78 is 30.0. The maximum atomic E-state index is 12.7. The molecule has 3 aromatic rings. The maximum Gasteiger partial charge on any atom is 0.387 e. The number of rotatable bonds is 7. The number of amides is 1. The molecule has 0 saturated carbocycles. The molecule has 0 radical (unpaired) electrons. The molecule has 0 spiro atoms. The molecule has 0 saturated heterocycles. The van der Waals surface area contributed by atoms with Crippen molar-refractivity contribution in [2.75, 3.05) is 12.4 Å². The summed E-state index contributed by atoms with van der Waals surface area (Å²) in [7, 11) is 1.52. The van der Waals surface area contributed by atoms with Gasteiger partial charge in [-0.15, -0.1) is 0 Å². The smallest absolute Gasteiger partial charge is 0.387 e. The van der Waals surface area contributed by atoms with Crippen LogP contribution in [-0.2, 0) is 6.54 Å². The molecular formula is C20H18ClF2N5O2. The standard InChI is InChI=1S/C20H18ClF2N5O2/c1-11-3-6-17(30-20(22)23)16(28-11)10-25-15-7-12(4-5-14(15)18(29)24-2)13-8-26-19(21)27-9-13/h3-9,20,25H,10H2,1-2H3,(H,24,29). The SMILES string of the molecule is CNC(=O)c1ccc(-c2cnc(Cl)nc2)cc1NCc1nc(C)ccc1OC(F)F. The average Bonchev–Trinajstić information content (AvgIpc) is 2.73. The molecule has 0 aliphatic rings. The minimum Gasteiger partial charge on any atom is -0.433 e. The summed E-state index contributed by atoms with van der Waals surface area (Å²) in [5.74, 6) is -0.343. The zero-order chi connectivity index (χ0) is 21.7. The molecular weight excluding hydrogens is 416 g/mol. The molecule has 30 heavy (non-hydrogen) atoms. The summed E-state index contributed by atoms with van der Waals surface area (Å²) in [6, 6.07) is 8.15. The number of carbonyl (C=O) groups excluding carboxylic acids is 1. The Morgan fingerprint density at radius 3 is 2.57 bits per heavy atom. The summed E-state index contributed by atoms with van der Waals surface area (Å²) in [4.78, 5) is 24.5. The number of aryl methyl sites for hydroxylation is 1. The van der Waals surface area contributed by atoms with Crippen molar-refractivity contribution in [3.63, 3.8) is 0 Å². The van der Waals surface area contributed by atoms with Gasteiger partial charge in [-0.3, -0.25) is 9.78 Å². The van der Waals surface area contributed by atoms with Gasteiger partial charge in [0.1, 0.15) is 11.4 Å². The fourth-order valence-corrected chi connectivity index (χ4v) is 2.87. The van der Waals surface area contributed by atoms with E-state index in [0.29, 0.717) is 28.2 Å². The second kappa shape index (κ2) is 9.45. The van der Waals surface area contributed by atoms with E-state index in [-0.39, 0.29) is 23.5 Å². The Morgan fingerprint density at radius 2 is 1.90 bits per heavy atom. The average molecular weight is 434 g/mol. The Hall–Kier alpha value is -3.33. The van der Waals surface area contributed by atoms with Crippen molar-refractivity contribution < 1.29 is 18.3 Å². The van der Waals surface area contributed by atoms with Crippen LogP contribution in [0.2, 0.25) is 5.28 Å². The van der Waals surface area contributed by atoms with E-state index in [1.54, 1.807) is 43.6 Å². The van der Waals surface area contributed by atoms with Gasteiger partial charge < -0.3 is 15.4 Å². The van der Waals surface area contributed by atoms with Gasteiger partial charge in [-0.25, -0.2) is 9.97 Å². The zero-order valence-electron chi connectivity index (χ0n) is 16.1. The lowest BCUT2D eigenvalue weighted by molar-refractivity contribution is -0.0507. The zero-order valence-corrected chi connectivity index (χ0v) is 16.9. The van der Waals surface area contributed by atoms with Crippen LogP contribution >= 0.6 is 11.6 Å². The van der Waals surface area contributed by atoms with Crippen molar-refractivity contribution >= 4 is 23.2 Å². The van der Waals surface area contributed by atoms with Gasteiger partial charge in [0, 0.05) is 36.4 Å². The second-order valence-electron chi connectivity index (χ2n) is 6.21. The number of alkyl halides is 2. The van der Waals surface area contributed by atoms with Gasteiger partial charge in [-0.2, -0.15) is 8.78 Å². The first-order valence-corrected chi connectivity index (χ1v) is 9.24. The maximum absolute atomic E-state index is 12.7. The Labute approximate surface area is 176 Å². The van der Waals surface area contributed by atoms with Crippen LogP contribution in [0.1, 0.15) is 21.7 Å². The predicted octanol–water partition coefficient (Wildman–Crippen LogP) is 4.07. The number of benzene rings is 1. The van der Waals surface area contributed by atoms with Crippen molar-refractivity contribution in [3.05, 3.63) is 65.0 Å². The largest absolute Gasteiger partial charge is 0.433 e. The van der Waals surface area contributed by atoms with Gasteiger partial charge in [-0.05, 0) is 48.4 Å². The highest BCUT2D eigenvalue weighted by Gasteiger charge is 2.15. The number of hydrogen-bond acceptors (Lipinski definition) is 6. The lowest BCUT2D eigenvalue weighted by Crippen LogP contribution is -2.20. The van der Waals surface area contributed by atoms with Crippen LogP contribution < -0.4 is 15.4 Å². The third kappa shape index (κ3) is 5.18. The van der Waals surface area contributed by atoms with Gasteiger partial charge in [0.15, 0.2) is 0 Å². The third-order valence-corrected chi connectivity index (χ3v) is 4.37. The second-order valence-corrected chi connectivity index (χ2v) is 6.55. The van der Waals surface area contributed by atoms with Gasteiger partial charge in [-0.1, -0.05) is 6.07 Å². The van der Waals surface area contributed by atoms with E-state index in [1.165, 1.54) is 13.1 Å². The van der Waals surface area contributed by atoms with E-state index in [4.69, 9.17) is 11.6 Å². The monoisotopic (exact) mass is 433 g/mol. The predicted molar refractivity (Wildman–Crippen MR) is 109 cm³/mol. The highest BCUT2D eigenvalue weighted by molar-refractivity contribution is 6.28. The van der Waals surface area contributed by atoms with Crippen LogP contribution in [0.3, 0.4) is 0 Å². The van der Waals surface area contributed by atoms with Crippen molar-refractivity contribution in [1.29, 1.82) is 0 Å². The highest BCUT2D eigenvalue weighted by atomic mass is 35.5. The topological polar surface area (TPSA) is 89.0 Å². The Balaban J connectivity index is 1.94. The molecule has 2 N–H and O–H groups in total. The van der Waals surface area contributed by atoms with E-state index >= 15 is 0 Å². The van der Waals surface area contributed by atoms with Gasteiger partial charge in [0.2, 0.25) is 5.28 Å². The van der Waals surface area contributed by atoms with Crippen molar-refractivity contribution in [2.45, 2.75) is 20.1 Å². The quantitative estimate of drug-likeness (QED) is 0.546. The molecule has 10 heteroatoms. The number of carbonyl (C=O) groups is 1. The number of aromatic nitrogens is 3. The van der Waals surface area contributed by atoms with Gasteiger partial charge in [0.05, 0.1) is 12.1 Å². The van der Waals surface area contributed by atoms with Crippen molar-refractivity contribution in [3.8, 4) is 16.9 Å². The van der Waals surface area contributed by atoms with Crippen LogP contribution in [0.25, 0.3) is 11.1 Å². The normalized spacial score (nSPS) is 10.7. The fourth-order valence-electron chi connectivity index (χ4n) is 2.77. The lowest BCUT2D eigenvalue weighted by atomic mass is 10.0. The Morgan fingerprint density at radius 1 is 1.17 bits per heavy atom. The molecule has 2 aromatic heterocycles. The number of nitrogens with zero attached hydrogens (tertiary/aromatic N) is 3. The number of anilines is 1. The molecule has 0 aliphatic carbocycles. The first-order chi connectivity index (χ1) is 14.4. The number of halogens is 3. The van der Waals surface area contributed by atoms with Crippen LogP contribution in [0.4, 0.5) is 14.5 Å². The molecule has 0 atom stereocenters. The number of ether oxygens (including phenoxy) is 1. The summed E-state index contributed by atoms with van der Waals surface area (Å²) in [6.45, 7) is -1.16. The van der Waals surface area contributed by atoms with Gasteiger partial charge in [0.25, 0.3) is 5.91 Å². The van der Waals surface area contributed by atoms with E-state index in [1.807, 2.05) is 0 Å². The van der Waals surface area contributed by atoms with Crippen molar-refractivity contribution in [2.24, 2.45) is 0 Å². The number of pyridine rings is 1. The minimum atomic E-state index is -2.97. The molecule has 7 nitrogen and oxygen atoms in total. The molecule has 3 rings (SSSR count). The van der Waals surface area contributed by atoms with Crippen LogP contribution in [0.5, 0.6) is 5.75 Å². The molecule has 156 valence electrons. The van der Waals surface area contributed by atoms with E-state index in [9.17, 15) is 13.6 Å². The van der Waals surface area contributed by atoms with E-state index in [0.717, 1.165) is 5.56 Å².